The van der Waals surface area contributed by atoms with Crippen molar-refractivity contribution in [2.75, 3.05) is 19.7 Å². The van der Waals surface area contributed by atoms with Crippen LogP contribution in [0.4, 0.5) is 4.79 Å². The molecule has 0 radical (unpaired) electrons. The van der Waals surface area contributed by atoms with Crippen molar-refractivity contribution in [3.8, 4) is 11.1 Å². The van der Waals surface area contributed by atoms with Crippen molar-refractivity contribution in [1.82, 2.24) is 15.5 Å². The Morgan fingerprint density at radius 1 is 0.881 bits per heavy atom. The first-order valence-corrected chi connectivity index (χ1v) is 14.9. The van der Waals surface area contributed by atoms with Crippen molar-refractivity contribution in [3.05, 3.63) is 95.6 Å². The highest BCUT2D eigenvalue weighted by atomic mass is 16.5. The second-order valence-corrected chi connectivity index (χ2v) is 11.8. The van der Waals surface area contributed by atoms with Gasteiger partial charge in [0.15, 0.2) is 5.54 Å². The minimum absolute atomic E-state index is 0.0507. The van der Waals surface area contributed by atoms with E-state index in [1.807, 2.05) is 54.6 Å². The first-order chi connectivity index (χ1) is 20.4. The predicted molar refractivity (Wildman–Crippen MR) is 159 cm³/mol. The van der Waals surface area contributed by atoms with Crippen molar-refractivity contribution >= 4 is 18.0 Å². The molecule has 1 saturated carbocycles. The molecule has 0 spiro atoms. The van der Waals surface area contributed by atoms with E-state index in [1.54, 1.807) is 0 Å². The van der Waals surface area contributed by atoms with Gasteiger partial charge in [-0.15, -0.1) is 0 Å². The SMILES string of the molecule is O=C(NC1CCCCC1C(=O)NC1(C(=O)O)CCN(Cc2ccccc2)C1)OCC1c2ccccc2-c2ccccc21. The molecule has 2 aliphatic carbocycles. The molecule has 8 heteroatoms. The van der Waals surface area contributed by atoms with Crippen molar-refractivity contribution in [1.29, 1.82) is 0 Å². The van der Waals surface area contributed by atoms with Gasteiger partial charge in [0.1, 0.15) is 6.61 Å². The number of hydrogen-bond donors (Lipinski definition) is 3. The zero-order valence-corrected chi connectivity index (χ0v) is 23.6. The average Bonchev–Trinajstić information content (AvgIpc) is 3.56. The highest BCUT2D eigenvalue weighted by Gasteiger charge is 2.47. The predicted octanol–water partition coefficient (Wildman–Crippen LogP) is 4.93. The number of aliphatic carboxylic acids is 1. The van der Waals surface area contributed by atoms with E-state index in [2.05, 4.69) is 39.8 Å². The summed E-state index contributed by atoms with van der Waals surface area (Å²) in [5.41, 5.74) is 4.35. The van der Waals surface area contributed by atoms with E-state index in [4.69, 9.17) is 4.74 Å². The Kier molecular flexibility index (Phi) is 7.98. The summed E-state index contributed by atoms with van der Waals surface area (Å²) in [6.07, 6.45) is 2.74. The van der Waals surface area contributed by atoms with Crippen molar-refractivity contribution < 1.29 is 24.2 Å². The number of likely N-dealkylation sites (tertiary alicyclic amines) is 1. The van der Waals surface area contributed by atoms with Crippen LogP contribution in [-0.2, 0) is 20.9 Å². The Hall–Kier alpha value is -4.17. The third kappa shape index (κ3) is 5.63. The number of carboxylic acids is 1. The molecule has 2 amide bonds. The maximum atomic E-state index is 13.6. The lowest BCUT2D eigenvalue weighted by atomic mass is 9.83. The summed E-state index contributed by atoms with van der Waals surface area (Å²) in [5, 5.41) is 16.0. The third-order valence-corrected chi connectivity index (χ3v) is 9.12. The molecule has 3 aromatic carbocycles. The van der Waals surface area contributed by atoms with Crippen molar-refractivity contribution in [2.24, 2.45) is 5.92 Å². The van der Waals surface area contributed by atoms with E-state index in [-0.39, 0.29) is 25.0 Å². The largest absolute Gasteiger partial charge is 0.479 e. The number of carboxylic acid groups (broad SMARTS) is 1. The fraction of sp³-hybridized carbons (Fsp3) is 0.382. The summed E-state index contributed by atoms with van der Waals surface area (Å²) in [7, 11) is 0. The van der Waals surface area contributed by atoms with Gasteiger partial charge in [0.2, 0.25) is 5.91 Å². The smallest absolute Gasteiger partial charge is 0.407 e. The van der Waals surface area contributed by atoms with Crippen LogP contribution < -0.4 is 10.6 Å². The lowest BCUT2D eigenvalue weighted by Gasteiger charge is -2.34. The van der Waals surface area contributed by atoms with Crippen LogP contribution in [0.5, 0.6) is 0 Å². The summed E-state index contributed by atoms with van der Waals surface area (Å²) in [4.78, 5) is 41.1. The van der Waals surface area contributed by atoms with Gasteiger partial charge in [0, 0.05) is 31.6 Å². The summed E-state index contributed by atoms with van der Waals surface area (Å²) in [5.74, 6) is -1.91. The molecule has 0 bridgehead atoms. The molecule has 1 heterocycles. The van der Waals surface area contributed by atoms with Gasteiger partial charge in [0.25, 0.3) is 0 Å². The quantitative estimate of drug-likeness (QED) is 0.356. The summed E-state index contributed by atoms with van der Waals surface area (Å²) in [6, 6.07) is 25.8. The van der Waals surface area contributed by atoms with E-state index < -0.39 is 29.6 Å². The standard InChI is InChI=1S/C34H37N3O5/c38-31(36-34(32(39)40)18-19-37(22-34)20-23-10-2-1-3-11-23)28-16-8-9-17-30(28)35-33(41)42-21-29-26-14-6-4-12-24(26)25-13-5-7-15-27(25)29/h1-7,10-15,28-30H,8-9,16-22H2,(H,35,41)(H,36,38)(H,39,40). The fourth-order valence-corrected chi connectivity index (χ4v) is 6.93. The van der Waals surface area contributed by atoms with Gasteiger partial charge in [-0.1, -0.05) is 91.7 Å². The van der Waals surface area contributed by atoms with Crippen molar-refractivity contribution in [2.45, 2.75) is 56.1 Å². The first-order valence-electron chi connectivity index (χ1n) is 14.9. The monoisotopic (exact) mass is 567 g/mol. The normalized spacial score (nSPS) is 23.5. The lowest BCUT2D eigenvalue weighted by Crippen LogP contribution is -2.60. The number of amides is 2. The van der Waals surface area contributed by atoms with Crippen molar-refractivity contribution in [3.63, 3.8) is 0 Å². The topological polar surface area (TPSA) is 108 Å². The first kappa shape index (κ1) is 28.0. The highest BCUT2D eigenvalue weighted by molar-refractivity contribution is 5.89. The van der Waals surface area contributed by atoms with E-state index in [1.165, 1.54) is 0 Å². The Morgan fingerprint density at radius 3 is 2.21 bits per heavy atom. The minimum Gasteiger partial charge on any atom is -0.479 e. The summed E-state index contributed by atoms with van der Waals surface area (Å²) >= 11 is 0. The van der Waals surface area contributed by atoms with Crippen LogP contribution in [-0.4, -0.2) is 59.3 Å². The molecule has 218 valence electrons. The second-order valence-electron chi connectivity index (χ2n) is 11.8. The molecule has 2 fully saturated rings. The van der Waals surface area contributed by atoms with Crippen LogP contribution in [0.1, 0.15) is 54.7 Å². The molecular formula is C34H37N3O5. The van der Waals surface area contributed by atoms with Gasteiger partial charge in [-0.3, -0.25) is 9.69 Å². The van der Waals surface area contributed by atoms with Gasteiger partial charge in [0.05, 0.1) is 5.92 Å². The number of nitrogens with zero attached hydrogens (tertiary/aromatic N) is 1. The molecular weight excluding hydrogens is 530 g/mol. The molecule has 3 unspecified atom stereocenters. The molecule has 6 rings (SSSR count). The molecule has 42 heavy (non-hydrogen) atoms. The number of benzene rings is 3. The third-order valence-electron chi connectivity index (χ3n) is 9.12. The number of nitrogens with one attached hydrogen (secondary N) is 2. The number of carbonyl (C=O) groups is 3. The highest BCUT2D eigenvalue weighted by Crippen LogP contribution is 2.44. The number of carbonyl (C=O) groups excluding carboxylic acids is 2. The van der Waals surface area contributed by atoms with Crippen LogP contribution in [0.15, 0.2) is 78.9 Å². The molecule has 3 N–H and O–H groups in total. The van der Waals surface area contributed by atoms with Gasteiger partial charge < -0.3 is 20.5 Å². The Labute approximate surface area is 246 Å². The molecule has 0 aromatic heterocycles. The Bertz CT molecular complexity index is 1410. The summed E-state index contributed by atoms with van der Waals surface area (Å²) in [6.45, 7) is 1.64. The van der Waals surface area contributed by atoms with Gasteiger partial charge in [-0.25, -0.2) is 9.59 Å². The Morgan fingerprint density at radius 2 is 1.52 bits per heavy atom. The number of hydrogen-bond acceptors (Lipinski definition) is 5. The minimum atomic E-state index is -1.35. The van der Waals surface area contributed by atoms with E-state index in [0.29, 0.717) is 32.4 Å². The average molecular weight is 568 g/mol. The molecule has 1 saturated heterocycles. The van der Waals surface area contributed by atoms with Crippen LogP contribution >= 0.6 is 0 Å². The lowest BCUT2D eigenvalue weighted by molar-refractivity contribution is -0.148. The molecule has 3 atom stereocenters. The van der Waals surface area contributed by atoms with Gasteiger partial charge in [-0.05, 0) is 47.1 Å². The van der Waals surface area contributed by atoms with E-state index >= 15 is 0 Å². The van der Waals surface area contributed by atoms with Crippen LogP contribution in [0.2, 0.25) is 0 Å². The number of alkyl carbamates (subject to hydrolysis) is 1. The number of fused-ring (bicyclic) bond motifs is 3. The second kappa shape index (κ2) is 12.0. The van der Waals surface area contributed by atoms with Crippen LogP contribution in [0, 0.1) is 5.92 Å². The van der Waals surface area contributed by atoms with Gasteiger partial charge in [-0.2, -0.15) is 0 Å². The Balaban J connectivity index is 1.08. The molecule has 8 nitrogen and oxygen atoms in total. The maximum Gasteiger partial charge on any atom is 0.407 e. The molecule has 3 aliphatic rings. The van der Waals surface area contributed by atoms with Crippen LogP contribution in [0.25, 0.3) is 11.1 Å². The van der Waals surface area contributed by atoms with Gasteiger partial charge >= 0.3 is 12.1 Å². The van der Waals surface area contributed by atoms with E-state index in [0.717, 1.165) is 40.7 Å². The fourth-order valence-electron chi connectivity index (χ4n) is 6.93. The summed E-state index contributed by atoms with van der Waals surface area (Å²) < 4.78 is 5.75. The van der Waals surface area contributed by atoms with Crippen LogP contribution in [0.3, 0.4) is 0 Å². The number of ether oxygens (including phenoxy) is 1. The number of rotatable bonds is 8. The maximum absolute atomic E-state index is 13.6. The molecule has 3 aromatic rings. The zero-order chi connectivity index (χ0) is 29.1. The zero-order valence-electron chi connectivity index (χ0n) is 23.6. The van der Waals surface area contributed by atoms with E-state index in [9.17, 15) is 19.5 Å². The molecule has 1 aliphatic heterocycles.